The van der Waals surface area contributed by atoms with Gasteiger partial charge < -0.3 is 4.90 Å². The van der Waals surface area contributed by atoms with E-state index in [1.165, 1.54) is 0 Å². The van der Waals surface area contributed by atoms with E-state index in [9.17, 15) is 0 Å². The second kappa shape index (κ2) is 4.80. The predicted molar refractivity (Wildman–Crippen MR) is 47.5 cm³/mol. The highest BCUT2D eigenvalue weighted by Gasteiger charge is 2.07. The van der Waals surface area contributed by atoms with Crippen molar-refractivity contribution in [2.24, 2.45) is 4.99 Å². The standard InChI is InChI=1S/C6H11ClN2.ClH/c1-9-4-2-3-8-6(9)5-7;/h2-5H2,1H3;1H. The lowest BCUT2D eigenvalue weighted by Crippen LogP contribution is -2.32. The van der Waals surface area contributed by atoms with Crippen LogP contribution in [0.25, 0.3) is 0 Å². The van der Waals surface area contributed by atoms with Gasteiger partial charge in [0.2, 0.25) is 0 Å². The number of aliphatic imine (C=N–C) groups is 1. The first-order valence-electron chi connectivity index (χ1n) is 3.15. The topological polar surface area (TPSA) is 15.6 Å². The highest BCUT2D eigenvalue weighted by molar-refractivity contribution is 6.28. The van der Waals surface area contributed by atoms with Gasteiger partial charge in [-0.1, -0.05) is 0 Å². The molecule has 4 heteroatoms. The maximum absolute atomic E-state index is 5.60. The van der Waals surface area contributed by atoms with Crippen LogP contribution in [0.5, 0.6) is 0 Å². The predicted octanol–water partition coefficient (Wildman–Crippen LogP) is 1.38. The average molecular weight is 183 g/mol. The molecule has 0 saturated carbocycles. The lowest BCUT2D eigenvalue weighted by atomic mass is 10.3. The van der Waals surface area contributed by atoms with Crippen LogP contribution in [0.2, 0.25) is 0 Å². The molecule has 0 aromatic carbocycles. The van der Waals surface area contributed by atoms with Crippen LogP contribution in [0.4, 0.5) is 0 Å². The van der Waals surface area contributed by atoms with Gasteiger partial charge in [-0.25, -0.2) is 0 Å². The van der Waals surface area contributed by atoms with Gasteiger partial charge in [0.25, 0.3) is 0 Å². The maximum Gasteiger partial charge on any atom is 0.114 e. The summed E-state index contributed by atoms with van der Waals surface area (Å²) in [7, 11) is 2.03. The Labute approximate surface area is 72.7 Å². The smallest absolute Gasteiger partial charge is 0.114 e. The Kier molecular flexibility index (Phi) is 4.83. The molecule has 1 rings (SSSR count). The fourth-order valence-electron chi connectivity index (χ4n) is 0.910. The summed E-state index contributed by atoms with van der Waals surface area (Å²) in [6, 6.07) is 0. The van der Waals surface area contributed by atoms with Gasteiger partial charge in [0.15, 0.2) is 0 Å². The second-order valence-electron chi connectivity index (χ2n) is 2.21. The quantitative estimate of drug-likeness (QED) is 0.560. The van der Waals surface area contributed by atoms with Gasteiger partial charge in [-0.15, -0.1) is 24.0 Å². The summed E-state index contributed by atoms with van der Waals surface area (Å²) in [5, 5.41) is 0. The van der Waals surface area contributed by atoms with Crippen molar-refractivity contribution in [3.63, 3.8) is 0 Å². The first kappa shape index (κ1) is 10.0. The van der Waals surface area contributed by atoms with Crippen molar-refractivity contribution in [2.45, 2.75) is 6.42 Å². The molecule has 0 fully saturated rings. The van der Waals surface area contributed by atoms with Crippen LogP contribution in [0, 0.1) is 0 Å². The lowest BCUT2D eigenvalue weighted by molar-refractivity contribution is 0.465. The van der Waals surface area contributed by atoms with E-state index in [1.54, 1.807) is 0 Å². The summed E-state index contributed by atoms with van der Waals surface area (Å²) >= 11 is 5.60. The summed E-state index contributed by atoms with van der Waals surface area (Å²) in [4.78, 5) is 6.35. The molecule has 1 aliphatic rings. The van der Waals surface area contributed by atoms with E-state index >= 15 is 0 Å². The monoisotopic (exact) mass is 182 g/mol. The molecule has 1 aliphatic heterocycles. The van der Waals surface area contributed by atoms with Gasteiger partial charge in [-0.3, -0.25) is 4.99 Å². The number of rotatable bonds is 1. The minimum Gasteiger partial charge on any atom is -0.362 e. The Hall–Kier alpha value is 0.0500. The second-order valence-corrected chi connectivity index (χ2v) is 2.47. The molecule has 0 bridgehead atoms. The van der Waals surface area contributed by atoms with Crippen molar-refractivity contribution in [1.82, 2.24) is 4.90 Å². The van der Waals surface area contributed by atoms with Crippen LogP contribution in [0.1, 0.15) is 6.42 Å². The van der Waals surface area contributed by atoms with E-state index < -0.39 is 0 Å². The molecular formula is C6H12Cl2N2. The Morgan fingerprint density at radius 3 is 2.80 bits per heavy atom. The summed E-state index contributed by atoms with van der Waals surface area (Å²) < 4.78 is 0. The van der Waals surface area contributed by atoms with E-state index in [1.807, 2.05) is 7.05 Å². The van der Waals surface area contributed by atoms with E-state index in [0.29, 0.717) is 5.88 Å². The van der Waals surface area contributed by atoms with Crippen molar-refractivity contribution in [1.29, 1.82) is 0 Å². The molecule has 10 heavy (non-hydrogen) atoms. The van der Waals surface area contributed by atoms with Crippen LogP contribution in [-0.2, 0) is 0 Å². The fourth-order valence-corrected chi connectivity index (χ4v) is 1.20. The van der Waals surface area contributed by atoms with Crippen LogP contribution in [0.3, 0.4) is 0 Å². The minimum absolute atomic E-state index is 0. The molecule has 0 spiro atoms. The molecule has 1 heterocycles. The first-order valence-corrected chi connectivity index (χ1v) is 3.68. The van der Waals surface area contributed by atoms with Crippen molar-refractivity contribution in [3.8, 4) is 0 Å². The maximum atomic E-state index is 5.60. The fraction of sp³-hybridized carbons (Fsp3) is 0.833. The lowest BCUT2D eigenvalue weighted by Gasteiger charge is -2.23. The van der Waals surface area contributed by atoms with Crippen LogP contribution >= 0.6 is 24.0 Å². The minimum atomic E-state index is 0. The number of alkyl halides is 1. The SMILES string of the molecule is CN1CCCN=C1CCl.Cl. The molecule has 2 nitrogen and oxygen atoms in total. The number of hydrogen-bond acceptors (Lipinski definition) is 2. The number of halogens is 2. The van der Waals surface area contributed by atoms with Gasteiger partial charge in [0.1, 0.15) is 5.84 Å². The molecule has 0 aromatic heterocycles. The van der Waals surface area contributed by atoms with E-state index in [0.717, 1.165) is 25.3 Å². The van der Waals surface area contributed by atoms with Crippen LogP contribution in [0.15, 0.2) is 4.99 Å². The third-order valence-corrected chi connectivity index (χ3v) is 1.75. The normalized spacial score (nSPS) is 17.8. The number of hydrogen-bond donors (Lipinski definition) is 0. The number of amidine groups is 1. The molecule has 60 valence electrons. The third kappa shape index (κ3) is 2.35. The molecule has 0 aliphatic carbocycles. The Morgan fingerprint density at radius 1 is 1.70 bits per heavy atom. The summed E-state index contributed by atoms with van der Waals surface area (Å²) in [5.74, 6) is 1.58. The summed E-state index contributed by atoms with van der Waals surface area (Å²) in [6.45, 7) is 2.05. The van der Waals surface area contributed by atoms with Crippen molar-refractivity contribution in [2.75, 3.05) is 26.0 Å². The molecule has 0 saturated heterocycles. The Bertz CT molecular complexity index is 125. The summed E-state index contributed by atoms with van der Waals surface area (Å²) in [6.07, 6.45) is 1.16. The molecule has 0 radical (unpaired) electrons. The highest BCUT2D eigenvalue weighted by Crippen LogP contribution is 2.00. The largest absolute Gasteiger partial charge is 0.362 e. The summed E-state index contributed by atoms with van der Waals surface area (Å²) in [5.41, 5.74) is 0. The average Bonchev–Trinajstić information content (AvgIpc) is 1.89. The van der Waals surface area contributed by atoms with Crippen LogP contribution < -0.4 is 0 Å². The molecule has 0 N–H and O–H groups in total. The molecule has 0 unspecified atom stereocenters. The van der Waals surface area contributed by atoms with E-state index in [-0.39, 0.29) is 12.4 Å². The van der Waals surface area contributed by atoms with E-state index in [2.05, 4.69) is 9.89 Å². The van der Waals surface area contributed by atoms with Gasteiger partial charge in [-0.2, -0.15) is 0 Å². The first-order chi connectivity index (χ1) is 4.34. The molecule has 0 aromatic rings. The van der Waals surface area contributed by atoms with Crippen molar-refractivity contribution in [3.05, 3.63) is 0 Å². The van der Waals surface area contributed by atoms with Gasteiger partial charge in [0, 0.05) is 20.1 Å². The van der Waals surface area contributed by atoms with Gasteiger partial charge in [0.05, 0.1) is 5.88 Å². The van der Waals surface area contributed by atoms with Crippen LogP contribution in [-0.4, -0.2) is 36.8 Å². The number of nitrogens with zero attached hydrogens (tertiary/aromatic N) is 2. The molecular weight excluding hydrogens is 171 g/mol. The zero-order valence-electron chi connectivity index (χ0n) is 6.01. The van der Waals surface area contributed by atoms with Gasteiger partial charge in [-0.05, 0) is 6.42 Å². The molecule has 0 amide bonds. The third-order valence-electron chi connectivity index (χ3n) is 1.51. The zero-order chi connectivity index (χ0) is 6.69. The molecule has 0 atom stereocenters. The Morgan fingerprint density at radius 2 is 2.40 bits per heavy atom. The van der Waals surface area contributed by atoms with Crippen molar-refractivity contribution >= 4 is 29.8 Å². The van der Waals surface area contributed by atoms with Crippen molar-refractivity contribution < 1.29 is 0 Å². The van der Waals surface area contributed by atoms with E-state index in [4.69, 9.17) is 11.6 Å². The van der Waals surface area contributed by atoms with Gasteiger partial charge >= 0.3 is 0 Å². The zero-order valence-corrected chi connectivity index (χ0v) is 7.58. The highest BCUT2D eigenvalue weighted by atomic mass is 35.5. The Balaban J connectivity index is 0.000000810.